The van der Waals surface area contributed by atoms with Gasteiger partial charge in [-0.25, -0.2) is 17.5 Å². The molecule has 0 aliphatic rings. The van der Waals surface area contributed by atoms with Gasteiger partial charge in [0.05, 0.1) is 16.0 Å². The fourth-order valence-electron chi connectivity index (χ4n) is 1.29. The maximum Gasteiger partial charge on any atom is 0.240 e. The molecule has 1 atom stereocenters. The summed E-state index contributed by atoms with van der Waals surface area (Å²) >= 11 is 5.52. The van der Waals surface area contributed by atoms with E-state index in [1.54, 1.807) is 6.92 Å². The van der Waals surface area contributed by atoms with Crippen LogP contribution in [0.15, 0.2) is 23.1 Å². The van der Waals surface area contributed by atoms with Crippen LogP contribution in [0.1, 0.15) is 19.8 Å². The highest BCUT2D eigenvalue weighted by Gasteiger charge is 2.15. The van der Waals surface area contributed by atoms with Gasteiger partial charge in [0.15, 0.2) is 0 Å². The highest BCUT2D eigenvalue weighted by atomic mass is 35.5. The molecule has 1 unspecified atom stereocenters. The van der Waals surface area contributed by atoms with Gasteiger partial charge >= 0.3 is 0 Å². The first-order valence-corrected chi connectivity index (χ1v) is 7.35. The molecule has 1 aromatic carbocycles. The van der Waals surface area contributed by atoms with Crippen LogP contribution in [0.25, 0.3) is 0 Å². The van der Waals surface area contributed by atoms with Gasteiger partial charge in [-0.1, -0.05) is 18.5 Å². The second-order valence-corrected chi connectivity index (χ2v) is 6.00. The third-order valence-corrected chi connectivity index (χ3v) is 4.19. The smallest absolute Gasteiger partial charge is 0.240 e. The van der Waals surface area contributed by atoms with Crippen LogP contribution in [0.3, 0.4) is 0 Å². The summed E-state index contributed by atoms with van der Waals surface area (Å²) < 4.78 is 38.8. The summed E-state index contributed by atoms with van der Waals surface area (Å²) in [6, 6.07) is 3.19. The molecule has 1 aromatic rings. The maximum atomic E-state index is 12.9. The van der Waals surface area contributed by atoms with E-state index in [1.165, 1.54) is 0 Å². The van der Waals surface area contributed by atoms with Crippen LogP contribution in [0.5, 0.6) is 0 Å². The van der Waals surface area contributed by atoms with Crippen molar-refractivity contribution in [2.75, 3.05) is 6.54 Å². The minimum absolute atomic E-state index is 0.0973. The molecule has 0 spiro atoms. The van der Waals surface area contributed by atoms with Gasteiger partial charge in [0, 0.05) is 6.54 Å². The SMILES string of the molecule is CCC(O)CCNS(=O)(=O)c1ccc(F)c(Cl)c1. The number of hydrogen-bond donors (Lipinski definition) is 2. The average molecular weight is 296 g/mol. The summed E-state index contributed by atoms with van der Waals surface area (Å²) in [6.07, 6.45) is 0.346. The van der Waals surface area contributed by atoms with Crippen LogP contribution < -0.4 is 4.72 Å². The number of aliphatic hydroxyl groups excluding tert-OH is 1. The van der Waals surface area contributed by atoms with E-state index in [1.807, 2.05) is 0 Å². The molecule has 0 aromatic heterocycles. The molecule has 7 heteroatoms. The summed E-state index contributed by atoms with van der Waals surface area (Å²) in [4.78, 5) is -0.0973. The Morgan fingerprint density at radius 1 is 1.50 bits per heavy atom. The first-order valence-electron chi connectivity index (χ1n) is 5.49. The van der Waals surface area contributed by atoms with Crippen molar-refractivity contribution in [2.45, 2.75) is 30.8 Å². The van der Waals surface area contributed by atoms with Crippen LogP contribution in [-0.2, 0) is 10.0 Å². The number of sulfonamides is 1. The van der Waals surface area contributed by atoms with E-state index in [4.69, 9.17) is 11.6 Å². The van der Waals surface area contributed by atoms with Crippen LogP contribution >= 0.6 is 11.6 Å². The molecule has 18 heavy (non-hydrogen) atoms. The van der Waals surface area contributed by atoms with Gasteiger partial charge in [0.2, 0.25) is 10.0 Å². The van der Waals surface area contributed by atoms with E-state index >= 15 is 0 Å². The number of halogens is 2. The minimum Gasteiger partial charge on any atom is -0.393 e. The molecule has 0 saturated carbocycles. The van der Waals surface area contributed by atoms with Crippen molar-refractivity contribution in [1.82, 2.24) is 4.72 Å². The molecule has 4 nitrogen and oxygen atoms in total. The van der Waals surface area contributed by atoms with Gasteiger partial charge in [-0.2, -0.15) is 0 Å². The van der Waals surface area contributed by atoms with Crippen molar-refractivity contribution in [3.05, 3.63) is 29.0 Å². The third-order valence-electron chi connectivity index (χ3n) is 2.44. The highest BCUT2D eigenvalue weighted by molar-refractivity contribution is 7.89. The third kappa shape index (κ3) is 4.20. The van der Waals surface area contributed by atoms with Gasteiger partial charge in [0.1, 0.15) is 5.82 Å². The molecular weight excluding hydrogens is 281 g/mol. The van der Waals surface area contributed by atoms with Gasteiger partial charge in [0.25, 0.3) is 0 Å². The van der Waals surface area contributed by atoms with Crippen molar-refractivity contribution in [3.8, 4) is 0 Å². The lowest BCUT2D eigenvalue weighted by Gasteiger charge is -2.09. The van der Waals surface area contributed by atoms with Crippen molar-refractivity contribution in [2.24, 2.45) is 0 Å². The Hall–Kier alpha value is -0.690. The zero-order valence-electron chi connectivity index (χ0n) is 9.86. The molecule has 0 amide bonds. The summed E-state index contributed by atoms with van der Waals surface area (Å²) in [5.74, 6) is -0.669. The standard InChI is InChI=1S/C11H15ClFNO3S/c1-2-8(15)5-6-14-18(16,17)9-3-4-11(13)10(12)7-9/h3-4,7-8,14-15H,2,5-6H2,1H3. The Morgan fingerprint density at radius 3 is 2.72 bits per heavy atom. The molecule has 0 aliphatic carbocycles. The van der Waals surface area contributed by atoms with Crippen molar-refractivity contribution in [3.63, 3.8) is 0 Å². The molecular formula is C11H15ClFNO3S. The molecule has 0 radical (unpaired) electrons. The molecule has 0 heterocycles. The summed E-state index contributed by atoms with van der Waals surface area (Å²) in [5, 5.41) is 9.06. The van der Waals surface area contributed by atoms with E-state index < -0.39 is 21.9 Å². The summed E-state index contributed by atoms with van der Waals surface area (Å²) in [6.45, 7) is 1.92. The second kappa shape index (κ2) is 6.47. The lowest BCUT2D eigenvalue weighted by molar-refractivity contribution is 0.162. The lowest BCUT2D eigenvalue weighted by Crippen LogP contribution is -2.27. The van der Waals surface area contributed by atoms with Crippen LogP contribution in [0.2, 0.25) is 5.02 Å². The van der Waals surface area contributed by atoms with Crippen molar-refractivity contribution < 1.29 is 17.9 Å². The Labute approximate surface area is 111 Å². The Balaban J connectivity index is 2.71. The average Bonchev–Trinajstić information content (AvgIpc) is 2.32. The first-order chi connectivity index (χ1) is 8.36. The number of rotatable bonds is 6. The molecule has 0 saturated heterocycles. The molecule has 0 bridgehead atoms. The number of aliphatic hydroxyl groups is 1. The monoisotopic (exact) mass is 295 g/mol. The Morgan fingerprint density at radius 2 is 2.17 bits per heavy atom. The topological polar surface area (TPSA) is 66.4 Å². The quantitative estimate of drug-likeness (QED) is 0.842. The van der Waals surface area contributed by atoms with E-state index in [0.717, 1.165) is 18.2 Å². The van der Waals surface area contributed by atoms with E-state index in [9.17, 15) is 17.9 Å². The Kier molecular flexibility index (Phi) is 5.52. The predicted molar refractivity (Wildman–Crippen MR) is 67.5 cm³/mol. The van der Waals surface area contributed by atoms with Crippen LogP contribution in [0.4, 0.5) is 4.39 Å². The van der Waals surface area contributed by atoms with Crippen molar-refractivity contribution >= 4 is 21.6 Å². The fourth-order valence-corrected chi connectivity index (χ4v) is 2.61. The van der Waals surface area contributed by atoms with Gasteiger partial charge < -0.3 is 5.11 Å². The fraction of sp³-hybridized carbons (Fsp3) is 0.455. The van der Waals surface area contributed by atoms with Gasteiger partial charge in [-0.05, 0) is 31.0 Å². The number of nitrogens with one attached hydrogen (secondary N) is 1. The maximum absolute atomic E-state index is 12.9. The normalized spacial score (nSPS) is 13.6. The molecule has 0 aliphatic heterocycles. The minimum atomic E-state index is -3.72. The van der Waals surface area contributed by atoms with E-state index in [0.29, 0.717) is 12.8 Å². The van der Waals surface area contributed by atoms with Crippen LogP contribution in [0, 0.1) is 5.82 Å². The zero-order valence-corrected chi connectivity index (χ0v) is 11.4. The van der Waals surface area contributed by atoms with Gasteiger partial charge in [-0.15, -0.1) is 0 Å². The Bertz CT molecular complexity index is 507. The molecule has 102 valence electrons. The largest absolute Gasteiger partial charge is 0.393 e. The lowest BCUT2D eigenvalue weighted by atomic mass is 10.2. The van der Waals surface area contributed by atoms with Crippen LogP contribution in [-0.4, -0.2) is 26.2 Å². The molecule has 1 rings (SSSR count). The second-order valence-electron chi connectivity index (χ2n) is 3.82. The zero-order chi connectivity index (χ0) is 13.8. The predicted octanol–water partition coefficient (Wildman–Crippen LogP) is 1.92. The number of hydrogen-bond acceptors (Lipinski definition) is 3. The highest BCUT2D eigenvalue weighted by Crippen LogP contribution is 2.19. The molecule has 2 N–H and O–H groups in total. The number of benzene rings is 1. The first kappa shape index (κ1) is 15.4. The van der Waals surface area contributed by atoms with Gasteiger partial charge in [-0.3, -0.25) is 0 Å². The molecule has 0 fully saturated rings. The summed E-state index contributed by atoms with van der Waals surface area (Å²) in [7, 11) is -3.72. The van der Waals surface area contributed by atoms with E-state index in [2.05, 4.69) is 4.72 Å². The summed E-state index contributed by atoms with van der Waals surface area (Å²) in [5.41, 5.74) is 0. The van der Waals surface area contributed by atoms with Crippen molar-refractivity contribution in [1.29, 1.82) is 0 Å². The van der Waals surface area contributed by atoms with E-state index in [-0.39, 0.29) is 16.5 Å².